The molecule has 0 aromatic carbocycles. The molecule has 1 heteroatoms. The fourth-order valence-corrected chi connectivity index (χ4v) is 1.50. The highest BCUT2D eigenvalue weighted by molar-refractivity contribution is 4.56. The molecule has 0 fully saturated rings. The lowest BCUT2D eigenvalue weighted by Crippen LogP contribution is -2.03. The van der Waals surface area contributed by atoms with Gasteiger partial charge in [0.05, 0.1) is 0 Å². The van der Waals surface area contributed by atoms with Gasteiger partial charge in [-0.3, -0.25) is 0 Å². The Morgan fingerprint density at radius 3 is 2.23 bits per heavy atom. The van der Waals surface area contributed by atoms with E-state index >= 15 is 0 Å². The normalized spacial score (nSPS) is 13.6. The summed E-state index contributed by atoms with van der Waals surface area (Å²) in [4.78, 5) is 0. The molecule has 0 aliphatic heterocycles. The van der Waals surface area contributed by atoms with E-state index in [1.807, 2.05) is 0 Å². The monoisotopic (exact) mass is 184 g/mol. The van der Waals surface area contributed by atoms with Gasteiger partial charge in [0.15, 0.2) is 0 Å². The second-order valence-corrected chi connectivity index (χ2v) is 4.18. The number of unbranched alkanes of at least 4 members (excludes halogenated alkanes) is 2. The largest absolute Gasteiger partial charge is 0.384 e. The number of methoxy groups -OCH3 is 1. The minimum absolute atomic E-state index is 0.372. The van der Waals surface area contributed by atoms with Crippen molar-refractivity contribution in [2.75, 3.05) is 13.7 Å². The summed E-state index contributed by atoms with van der Waals surface area (Å²) in [6, 6.07) is 0. The van der Waals surface area contributed by atoms with Crippen LogP contribution in [0.25, 0.3) is 0 Å². The van der Waals surface area contributed by atoms with Crippen LogP contribution in [0.3, 0.4) is 0 Å². The lowest BCUT2D eigenvalue weighted by atomic mass is 10.0. The zero-order valence-corrected chi connectivity index (χ0v) is 9.38. The zero-order chi connectivity index (χ0) is 10.1. The summed E-state index contributed by atoms with van der Waals surface area (Å²) >= 11 is 0. The molecular formula is C12H24O. The Hall–Kier alpha value is -0.0400. The van der Waals surface area contributed by atoms with Crippen LogP contribution in [0.2, 0.25) is 0 Å². The summed E-state index contributed by atoms with van der Waals surface area (Å²) < 4.78 is 5.08. The van der Waals surface area contributed by atoms with Crippen LogP contribution in [-0.2, 0) is 4.74 Å². The maximum absolute atomic E-state index is 5.66. The first-order valence-electron chi connectivity index (χ1n) is 5.41. The van der Waals surface area contributed by atoms with E-state index in [1.54, 1.807) is 7.11 Å². The zero-order valence-electron chi connectivity index (χ0n) is 9.38. The molecular weight excluding hydrogens is 160 g/mol. The van der Waals surface area contributed by atoms with Crippen molar-refractivity contribution in [3.8, 4) is 0 Å². The van der Waals surface area contributed by atoms with Crippen molar-refractivity contribution in [3.63, 3.8) is 0 Å². The van der Waals surface area contributed by atoms with E-state index in [1.165, 1.54) is 32.1 Å². The first-order chi connectivity index (χ1) is 6.16. The third kappa shape index (κ3) is 9.88. The van der Waals surface area contributed by atoms with E-state index in [-0.39, 0.29) is 0 Å². The van der Waals surface area contributed by atoms with E-state index in [0.29, 0.717) is 11.8 Å². The molecule has 2 radical (unpaired) electrons. The third-order valence-corrected chi connectivity index (χ3v) is 2.31. The van der Waals surface area contributed by atoms with Crippen LogP contribution in [0.5, 0.6) is 0 Å². The van der Waals surface area contributed by atoms with Crippen molar-refractivity contribution in [1.29, 1.82) is 0 Å². The summed E-state index contributed by atoms with van der Waals surface area (Å²) in [5.41, 5.74) is 0. The molecule has 0 bridgehead atoms. The molecule has 2 unspecified atom stereocenters. The van der Waals surface area contributed by atoms with Gasteiger partial charge in [0, 0.05) is 13.7 Å². The lowest BCUT2D eigenvalue weighted by molar-refractivity contribution is 0.154. The highest BCUT2D eigenvalue weighted by Crippen LogP contribution is 2.12. The Morgan fingerprint density at radius 2 is 1.69 bits per heavy atom. The van der Waals surface area contributed by atoms with Crippen molar-refractivity contribution in [2.45, 2.75) is 46.0 Å². The number of hydrogen-bond acceptors (Lipinski definition) is 1. The van der Waals surface area contributed by atoms with Crippen molar-refractivity contribution < 1.29 is 4.74 Å². The maximum Gasteiger partial charge on any atom is 0.0487 e. The lowest BCUT2D eigenvalue weighted by Gasteiger charge is -2.09. The summed E-state index contributed by atoms with van der Waals surface area (Å²) in [6.45, 7) is 10.9. The Kier molecular flexibility index (Phi) is 8.53. The smallest absolute Gasteiger partial charge is 0.0487 e. The van der Waals surface area contributed by atoms with E-state index in [4.69, 9.17) is 11.7 Å². The number of ether oxygens (including phenoxy) is 1. The molecule has 2 atom stereocenters. The maximum atomic E-state index is 5.66. The standard InChI is InChI=1S/C12H24O/c1-11(2)8-6-5-7-9-12(3)10-13-4/h1,11-12H,5-10H2,2-4H3. The molecule has 1 nitrogen and oxygen atoms in total. The van der Waals surface area contributed by atoms with Gasteiger partial charge in [-0.05, 0) is 25.2 Å². The van der Waals surface area contributed by atoms with Crippen molar-refractivity contribution in [1.82, 2.24) is 0 Å². The minimum atomic E-state index is 0.372. The Bertz CT molecular complexity index is 99.3. The molecule has 0 spiro atoms. The summed E-state index contributed by atoms with van der Waals surface area (Å²) in [5.74, 6) is 1.08. The molecule has 0 aliphatic carbocycles. The quantitative estimate of drug-likeness (QED) is 0.524. The molecule has 0 amide bonds. The predicted octanol–water partition coefficient (Wildman–Crippen LogP) is 3.57. The first-order valence-corrected chi connectivity index (χ1v) is 5.41. The van der Waals surface area contributed by atoms with Gasteiger partial charge in [0.2, 0.25) is 0 Å². The second-order valence-electron chi connectivity index (χ2n) is 4.18. The van der Waals surface area contributed by atoms with Crippen LogP contribution in [0.4, 0.5) is 0 Å². The molecule has 13 heavy (non-hydrogen) atoms. The molecule has 0 saturated carbocycles. The van der Waals surface area contributed by atoms with Gasteiger partial charge in [0.25, 0.3) is 0 Å². The first kappa shape index (κ1) is 13.0. The van der Waals surface area contributed by atoms with Gasteiger partial charge in [-0.1, -0.05) is 39.5 Å². The summed E-state index contributed by atoms with van der Waals surface area (Å²) in [7, 11) is 1.77. The molecule has 0 aliphatic rings. The highest BCUT2D eigenvalue weighted by atomic mass is 16.5. The van der Waals surface area contributed by atoms with Crippen LogP contribution in [0.1, 0.15) is 46.0 Å². The summed E-state index contributed by atoms with van der Waals surface area (Å²) in [6.07, 6.45) is 6.36. The molecule has 0 N–H and O–H groups in total. The molecule has 0 heterocycles. The fraction of sp³-hybridized carbons (Fsp3) is 0.917. The van der Waals surface area contributed by atoms with Crippen molar-refractivity contribution in [3.05, 3.63) is 6.92 Å². The van der Waals surface area contributed by atoms with E-state index < -0.39 is 0 Å². The molecule has 78 valence electrons. The predicted molar refractivity (Wildman–Crippen MR) is 57.6 cm³/mol. The van der Waals surface area contributed by atoms with E-state index in [0.717, 1.165) is 6.61 Å². The van der Waals surface area contributed by atoms with Crippen LogP contribution in [0.15, 0.2) is 0 Å². The average Bonchev–Trinajstić information content (AvgIpc) is 2.03. The van der Waals surface area contributed by atoms with Crippen molar-refractivity contribution >= 4 is 0 Å². The van der Waals surface area contributed by atoms with Gasteiger partial charge in [-0.15, -0.1) is 0 Å². The Balaban J connectivity index is 3.06. The van der Waals surface area contributed by atoms with E-state index in [2.05, 4.69) is 13.8 Å². The average molecular weight is 184 g/mol. The summed E-state index contributed by atoms with van der Waals surface area (Å²) in [5, 5.41) is 0. The van der Waals surface area contributed by atoms with Crippen molar-refractivity contribution in [2.24, 2.45) is 11.8 Å². The Morgan fingerprint density at radius 1 is 1.08 bits per heavy atom. The topological polar surface area (TPSA) is 9.23 Å². The second kappa shape index (κ2) is 8.55. The minimum Gasteiger partial charge on any atom is -0.384 e. The highest BCUT2D eigenvalue weighted by Gasteiger charge is 2.00. The molecule has 0 aromatic rings. The Labute approximate surface area is 83.9 Å². The van der Waals surface area contributed by atoms with Crippen LogP contribution < -0.4 is 0 Å². The molecule has 0 aromatic heterocycles. The van der Waals surface area contributed by atoms with Gasteiger partial charge in [-0.25, -0.2) is 0 Å². The van der Waals surface area contributed by atoms with Gasteiger partial charge >= 0.3 is 0 Å². The van der Waals surface area contributed by atoms with Crippen LogP contribution in [-0.4, -0.2) is 13.7 Å². The van der Waals surface area contributed by atoms with Gasteiger partial charge in [0.1, 0.15) is 0 Å². The van der Waals surface area contributed by atoms with Crippen LogP contribution in [0, 0.1) is 18.8 Å². The molecule has 0 saturated heterocycles. The number of hydrogen-bond donors (Lipinski definition) is 0. The molecule has 0 rings (SSSR count). The third-order valence-electron chi connectivity index (χ3n) is 2.31. The SMILES string of the molecule is [CH]C(C)CCCCCC(C)COC. The van der Waals surface area contributed by atoms with Gasteiger partial charge < -0.3 is 4.74 Å². The van der Waals surface area contributed by atoms with Crippen LogP contribution >= 0.6 is 0 Å². The van der Waals surface area contributed by atoms with E-state index in [9.17, 15) is 0 Å². The fourth-order valence-electron chi connectivity index (χ4n) is 1.50. The van der Waals surface area contributed by atoms with Gasteiger partial charge in [-0.2, -0.15) is 0 Å². The number of rotatable bonds is 8.